The van der Waals surface area contributed by atoms with Gasteiger partial charge in [0.15, 0.2) is 11.6 Å². The van der Waals surface area contributed by atoms with Crippen molar-refractivity contribution < 1.29 is 9.59 Å². The fraction of sp³-hybridized carbons (Fsp3) is 0.257. The van der Waals surface area contributed by atoms with Crippen LogP contribution < -0.4 is 0 Å². The van der Waals surface area contributed by atoms with E-state index >= 15 is 9.59 Å². The fourth-order valence-electron chi connectivity index (χ4n) is 8.65. The number of fused-ring (bicyclic) bond motifs is 4. The molecule has 8 rings (SSSR count). The van der Waals surface area contributed by atoms with Gasteiger partial charge in [0, 0.05) is 47.8 Å². The molecule has 1 aliphatic carbocycles. The third-order valence-corrected chi connectivity index (χ3v) is 12.8. The van der Waals surface area contributed by atoms with Gasteiger partial charge in [0.1, 0.15) is 5.54 Å². The first-order valence-electron chi connectivity index (χ1n) is 14.4. The molecule has 4 nitrogen and oxygen atoms in total. The van der Waals surface area contributed by atoms with Crippen molar-refractivity contribution >= 4 is 86.6 Å². The molecule has 3 fully saturated rings. The van der Waals surface area contributed by atoms with E-state index in [0.717, 1.165) is 27.7 Å². The molecule has 222 valence electrons. The Kier molecular flexibility index (Phi) is 6.83. The number of rotatable bonds is 2. The Bertz CT molecular complexity index is 1960. The number of carbonyl (C=O) groups is 2. The Balaban J connectivity index is 1.48. The summed E-state index contributed by atoms with van der Waals surface area (Å²) in [5.74, 6) is 0.873. The Morgan fingerprint density at radius 3 is 2.36 bits per heavy atom. The Labute approximate surface area is 279 Å². The molecule has 4 atom stereocenters. The lowest BCUT2D eigenvalue weighted by atomic mass is 9.55. The predicted molar refractivity (Wildman–Crippen MR) is 181 cm³/mol. The van der Waals surface area contributed by atoms with Crippen molar-refractivity contribution in [2.24, 2.45) is 5.41 Å². The van der Waals surface area contributed by atoms with E-state index in [1.165, 1.54) is 0 Å². The monoisotopic (exact) mass is 678 g/mol. The van der Waals surface area contributed by atoms with E-state index in [1.54, 1.807) is 23.9 Å². The van der Waals surface area contributed by atoms with Crippen molar-refractivity contribution in [1.29, 1.82) is 0 Å². The average molecular weight is 680 g/mol. The second kappa shape index (κ2) is 10.3. The molecule has 9 heteroatoms. The van der Waals surface area contributed by atoms with Crippen LogP contribution in [0.5, 0.6) is 0 Å². The molecular formula is C35H26Cl4N2O2S. The van der Waals surface area contributed by atoms with Crippen molar-refractivity contribution in [2.75, 3.05) is 31.8 Å². The van der Waals surface area contributed by atoms with Crippen LogP contribution in [0.25, 0.3) is 16.8 Å². The highest BCUT2D eigenvalue weighted by molar-refractivity contribution is 7.99. The van der Waals surface area contributed by atoms with Crippen LogP contribution in [0.1, 0.15) is 33.0 Å². The van der Waals surface area contributed by atoms with Crippen LogP contribution in [0.15, 0.2) is 78.4 Å². The molecule has 4 aliphatic rings. The molecule has 4 aromatic carbocycles. The molecule has 2 spiro atoms. The molecule has 0 unspecified atom stereocenters. The number of Topliss-reactive ketones (excluding diaryl/α,β-unsaturated/α-hetero) is 2. The molecule has 44 heavy (non-hydrogen) atoms. The van der Waals surface area contributed by atoms with Gasteiger partial charge in [-0.1, -0.05) is 107 Å². The van der Waals surface area contributed by atoms with Crippen LogP contribution in [-0.2, 0) is 10.3 Å². The number of thioether (sulfide) groups is 1. The van der Waals surface area contributed by atoms with Gasteiger partial charge in [-0.15, -0.1) is 11.8 Å². The maximum Gasteiger partial charge on any atom is 0.189 e. The van der Waals surface area contributed by atoms with Gasteiger partial charge in [-0.3, -0.25) is 14.5 Å². The topological polar surface area (TPSA) is 40.6 Å². The number of likely N-dealkylation sites (tertiary alicyclic amines) is 1. The number of nitrogens with zero attached hydrogens (tertiary/aromatic N) is 2. The maximum absolute atomic E-state index is 15.7. The first kappa shape index (κ1) is 29.1. The third-order valence-electron chi connectivity index (χ3n) is 10.1. The van der Waals surface area contributed by atoms with Crippen LogP contribution in [0.2, 0.25) is 20.1 Å². The zero-order chi connectivity index (χ0) is 30.5. The minimum Gasteiger partial charge on any atom is -0.301 e. The lowest BCUT2D eigenvalue weighted by molar-refractivity contribution is -0.134. The standard InChI is InChI=1S/C35H26Cl4N2O2S/c1-40-15-21(14-20-8-4-12-25(36)30(20)38)32(42)34(17-40)29(23-10-5-13-26(37)31(23)39)27-16-44-18-41(27)35(34)24-11-3-7-19-6-2-9-22(28(19)24)33(35)43/h2-14,27,29H,15-18H2,1H3/b21-14+/t27-,29-,34-,35-/m0/s1. The SMILES string of the molecule is CN1C/C(=C\c2cccc(Cl)c2Cl)C(=O)[C@]2(C1)[C@@H](c1cccc(Cl)c1Cl)[C@@H]1CSCN1[C@@]21C(=O)c2cccc3cccc1c23. The van der Waals surface area contributed by atoms with Crippen LogP contribution in [0.3, 0.4) is 0 Å². The summed E-state index contributed by atoms with van der Waals surface area (Å²) in [6, 6.07) is 22.9. The van der Waals surface area contributed by atoms with Crippen LogP contribution in [-0.4, -0.2) is 59.2 Å². The molecule has 0 bridgehead atoms. The normalized spacial score (nSPS) is 29.2. The molecular weight excluding hydrogens is 654 g/mol. The first-order valence-corrected chi connectivity index (χ1v) is 17.1. The van der Waals surface area contributed by atoms with Gasteiger partial charge in [0.25, 0.3) is 0 Å². The highest BCUT2D eigenvalue weighted by Gasteiger charge is 2.78. The summed E-state index contributed by atoms with van der Waals surface area (Å²) in [6.45, 7) is 0.772. The van der Waals surface area contributed by atoms with Gasteiger partial charge in [-0.05, 0) is 52.7 Å². The summed E-state index contributed by atoms with van der Waals surface area (Å²) >= 11 is 28.5. The highest BCUT2D eigenvalue weighted by Crippen LogP contribution is 2.70. The van der Waals surface area contributed by atoms with Crippen LogP contribution >= 0.6 is 58.2 Å². The smallest absolute Gasteiger partial charge is 0.189 e. The van der Waals surface area contributed by atoms with Gasteiger partial charge >= 0.3 is 0 Å². The van der Waals surface area contributed by atoms with Gasteiger partial charge in [0.2, 0.25) is 0 Å². The van der Waals surface area contributed by atoms with E-state index in [-0.39, 0.29) is 17.6 Å². The molecule has 0 N–H and O–H groups in total. The largest absolute Gasteiger partial charge is 0.301 e. The highest BCUT2D eigenvalue weighted by atomic mass is 35.5. The van der Waals surface area contributed by atoms with Gasteiger partial charge in [-0.2, -0.15) is 0 Å². The van der Waals surface area contributed by atoms with Gasteiger partial charge in [0.05, 0.1) is 25.5 Å². The quantitative estimate of drug-likeness (QED) is 0.199. The summed E-state index contributed by atoms with van der Waals surface area (Å²) in [5, 5.41) is 3.58. The lowest BCUT2D eigenvalue weighted by Crippen LogP contribution is -2.65. The van der Waals surface area contributed by atoms with E-state index in [1.807, 2.05) is 67.7 Å². The molecule has 4 aromatic rings. The zero-order valence-corrected chi connectivity index (χ0v) is 27.5. The second-order valence-electron chi connectivity index (χ2n) is 12.2. The molecule has 3 heterocycles. The summed E-state index contributed by atoms with van der Waals surface area (Å²) in [6.07, 6.45) is 1.85. The van der Waals surface area contributed by atoms with E-state index in [2.05, 4.69) is 15.9 Å². The maximum atomic E-state index is 15.7. The summed E-state index contributed by atoms with van der Waals surface area (Å²) in [4.78, 5) is 35.4. The van der Waals surface area contributed by atoms with E-state index < -0.39 is 16.9 Å². The molecule has 3 saturated heterocycles. The van der Waals surface area contributed by atoms with E-state index in [4.69, 9.17) is 46.4 Å². The van der Waals surface area contributed by atoms with Crippen molar-refractivity contribution in [3.63, 3.8) is 0 Å². The van der Waals surface area contributed by atoms with Crippen molar-refractivity contribution in [3.05, 3.63) is 121 Å². The molecule has 3 aliphatic heterocycles. The van der Waals surface area contributed by atoms with E-state index in [9.17, 15) is 0 Å². The Hall–Kier alpha value is -2.35. The summed E-state index contributed by atoms with van der Waals surface area (Å²) < 4.78 is 0. The molecule has 0 saturated carbocycles. The predicted octanol–water partition coefficient (Wildman–Crippen LogP) is 8.60. The summed E-state index contributed by atoms with van der Waals surface area (Å²) in [7, 11) is 2.01. The number of hydrogen-bond donors (Lipinski definition) is 0. The van der Waals surface area contributed by atoms with Crippen molar-refractivity contribution in [2.45, 2.75) is 17.5 Å². The minimum atomic E-state index is -1.25. The summed E-state index contributed by atoms with van der Waals surface area (Å²) in [5.41, 5.74) is 1.13. The number of benzene rings is 4. The first-order chi connectivity index (χ1) is 21.2. The number of ketones is 2. The minimum absolute atomic E-state index is 0.0266. The van der Waals surface area contributed by atoms with Gasteiger partial charge < -0.3 is 4.90 Å². The molecule has 0 radical (unpaired) electrons. The molecule has 0 aromatic heterocycles. The van der Waals surface area contributed by atoms with Crippen LogP contribution in [0, 0.1) is 5.41 Å². The average Bonchev–Trinajstić information content (AvgIpc) is 3.64. The molecule has 0 amide bonds. The number of carbonyl (C=O) groups excluding carboxylic acids is 2. The third kappa shape index (κ3) is 3.63. The van der Waals surface area contributed by atoms with Gasteiger partial charge in [-0.25, -0.2) is 0 Å². The number of piperidine rings is 1. The fourth-order valence-corrected chi connectivity index (χ4v) is 10.7. The second-order valence-corrected chi connectivity index (χ2v) is 14.8. The van der Waals surface area contributed by atoms with Crippen LogP contribution in [0.4, 0.5) is 0 Å². The van der Waals surface area contributed by atoms with E-state index in [0.29, 0.717) is 55.8 Å². The van der Waals surface area contributed by atoms with Crippen molar-refractivity contribution in [1.82, 2.24) is 9.80 Å². The van der Waals surface area contributed by atoms with Crippen molar-refractivity contribution in [3.8, 4) is 0 Å². The Morgan fingerprint density at radius 2 is 1.57 bits per heavy atom. The number of halogens is 4. The number of hydrogen-bond acceptors (Lipinski definition) is 5. The Morgan fingerprint density at radius 1 is 0.864 bits per heavy atom. The number of likely N-dealkylation sites (N-methyl/N-ethyl adjacent to an activating group) is 1. The zero-order valence-electron chi connectivity index (χ0n) is 23.6. The lowest BCUT2D eigenvalue weighted by Gasteiger charge is -2.52.